The Morgan fingerprint density at radius 2 is 1.96 bits per heavy atom. The van der Waals surface area contributed by atoms with Crippen molar-refractivity contribution in [3.63, 3.8) is 0 Å². The van der Waals surface area contributed by atoms with Gasteiger partial charge in [0.15, 0.2) is 0 Å². The summed E-state index contributed by atoms with van der Waals surface area (Å²) >= 11 is 0. The summed E-state index contributed by atoms with van der Waals surface area (Å²) in [4.78, 5) is 11.8. The number of hydrogen-bond acceptors (Lipinski definition) is 4. The average molecular weight is 322 g/mol. The van der Waals surface area contributed by atoms with E-state index in [4.69, 9.17) is 4.74 Å². The van der Waals surface area contributed by atoms with Gasteiger partial charge < -0.3 is 15.4 Å². The quantitative estimate of drug-likeness (QED) is 0.790. The van der Waals surface area contributed by atoms with Crippen LogP contribution in [0.5, 0.6) is 0 Å². The fourth-order valence-corrected chi connectivity index (χ4v) is 2.90. The predicted molar refractivity (Wildman–Crippen MR) is 90.3 cm³/mol. The van der Waals surface area contributed by atoms with Crippen LogP contribution in [-0.4, -0.2) is 40.1 Å². The van der Waals surface area contributed by atoms with E-state index in [0.717, 1.165) is 45.2 Å². The highest BCUT2D eigenvalue weighted by Gasteiger charge is 2.24. The fraction of sp³-hybridized carbons (Fsp3) is 0.765. The molecule has 2 N–H and O–H groups in total. The number of hydrogen-bond donors (Lipinski definition) is 2. The second-order valence-electron chi connectivity index (χ2n) is 7.27. The first kappa shape index (κ1) is 17.8. The maximum absolute atomic E-state index is 11.8. The molecule has 0 radical (unpaired) electrons. The van der Waals surface area contributed by atoms with E-state index in [0.29, 0.717) is 6.04 Å². The largest absolute Gasteiger partial charge is 0.444 e. The third-order valence-electron chi connectivity index (χ3n) is 4.00. The Labute approximate surface area is 139 Å². The summed E-state index contributed by atoms with van der Waals surface area (Å²) in [7, 11) is 0. The lowest BCUT2D eigenvalue weighted by Crippen LogP contribution is -2.44. The van der Waals surface area contributed by atoms with E-state index in [1.165, 1.54) is 0 Å². The third-order valence-corrected chi connectivity index (χ3v) is 4.00. The van der Waals surface area contributed by atoms with Gasteiger partial charge in [-0.15, -0.1) is 0 Å². The number of carbonyl (C=O) groups excluding carboxylic acids is 1. The Kier molecular flexibility index (Phi) is 6.45. The van der Waals surface area contributed by atoms with Crippen LogP contribution in [0.25, 0.3) is 0 Å². The molecular weight excluding hydrogens is 292 g/mol. The van der Waals surface area contributed by atoms with Crippen LogP contribution in [0.4, 0.5) is 4.79 Å². The number of rotatable bonds is 6. The highest BCUT2D eigenvalue weighted by atomic mass is 16.6. The fourth-order valence-electron chi connectivity index (χ4n) is 2.90. The van der Waals surface area contributed by atoms with Gasteiger partial charge in [-0.25, -0.2) is 4.79 Å². The number of nitrogens with one attached hydrogen (secondary N) is 2. The van der Waals surface area contributed by atoms with Crippen molar-refractivity contribution in [1.29, 1.82) is 0 Å². The molecule has 0 aromatic carbocycles. The van der Waals surface area contributed by atoms with Crippen LogP contribution in [-0.2, 0) is 11.3 Å². The van der Waals surface area contributed by atoms with Crippen molar-refractivity contribution >= 4 is 6.09 Å². The van der Waals surface area contributed by atoms with Crippen LogP contribution in [0.1, 0.15) is 52.9 Å². The van der Waals surface area contributed by atoms with Gasteiger partial charge in [0.1, 0.15) is 5.60 Å². The summed E-state index contributed by atoms with van der Waals surface area (Å²) in [5.41, 5.74) is -0.433. The first-order chi connectivity index (χ1) is 10.9. The summed E-state index contributed by atoms with van der Waals surface area (Å²) in [6, 6.07) is 2.75. The maximum Gasteiger partial charge on any atom is 0.407 e. The second-order valence-corrected chi connectivity index (χ2v) is 7.27. The van der Waals surface area contributed by atoms with Crippen molar-refractivity contribution in [2.24, 2.45) is 0 Å². The monoisotopic (exact) mass is 322 g/mol. The highest BCUT2D eigenvalue weighted by Crippen LogP contribution is 2.19. The summed E-state index contributed by atoms with van der Waals surface area (Å²) in [6.07, 6.45) is 8.81. The van der Waals surface area contributed by atoms with Crippen molar-refractivity contribution in [1.82, 2.24) is 20.4 Å². The van der Waals surface area contributed by atoms with Crippen LogP contribution in [0.2, 0.25) is 0 Å². The minimum atomic E-state index is -0.433. The summed E-state index contributed by atoms with van der Waals surface area (Å²) < 4.78 is 7.27. The molecule has 0 spiro atoms. The van der Waals surface area contributed by atoms with Crippen LogP contribution < -0.4 is 10.6 Å². The van der Waals surface area contributed by atoms with Gasteiger partial charge in [-0.1, -0.05) is 0 Å². The van der Waals surface area contributed by atoms with Crippen molar-refractivity contribution in [2.45, 2.75) is 77.1 Å². The number of aryl methyl sites for hydroxylation is 1. The van der Waals surface area contributed by atoms with Gasteiger partial charge in [-0.2, -0.15) is 5.10 Å². The van der Waals surface area contributed by atoms with E-state index in [9.17, 15) is 4.79 Å². The van der Waals surface area contributed by atoms with E-state index < -0.39 is 5.60 Å². The summed E-state index contributed by atoms with van der Waals surface area (Å²) in [5.74, 6) is 0. The van der Waals surface area contributed by atoms with E-state index in [-0.39, 0.29) is 12.1 Å². The van der Waals surface area contributed by atoms with Crippen molar-refractivity contribution < 1.29 is 9.53 Å². The summed E-state index contributed by atoms with van der Waals surface area (Å²) in [5, 5.41) is 10.8. The van der Waals surface area contributed by atoms with Gasteiger partial charge in [-0.3, -0.25) is 4.68 Å². The first-order valence-electron chi connectivity index (χ1n) is 8.63. The molecule has 23 heavy (non-hydrogen) atoms. The van der Waals surface area contributed by atoms with E-state index >= 15 is 0 Å². The minimum absolute atomic E-state index is 0.243. The molecule has 0 unspecified atom stereocenters. The molecular formula is C17H30N4O2. The van der Waals surface area contributed by atoms with Gasteiger partial charge >= 0.3 is 6.09 Å². The molecule has 6 heteroatoms. The molecule has 0 aliphatic heterocycles. The molecule has 1 fully saturated rings. The Bertz CT molecular complexity index is 459. The lowest BCUT2D eigenvalue weighted by molar-refractivity contribution is 0.0490. The van der Waals surface area contributed by atoms with Crippen molar-refractivity contribution in [3.8, 4) is 0 Å². The molecule has 0 saturated heterocycles. The molecule has 130 valence electrons. The number of amides is 1. The molecule has 6 nitrogen and oxygen atoms in total. The molecule has 1 aromatic heterocycles. The predicted octanol–water partition coefficient (Wildman–Crippen LogP) is 2.70. The van der Waals surface area contributed by atoms with Crippen LogP contribution in [0.15, 0.2) is 18.5 Å². The number of alkyl carbamates (subject to hydrolysis) is 1. The van der Waals surface area contributed by atoms with Gasteiger partial charge in [0, 0.05) is 31.0 Å². The van der Waals surface area contributed by atoms with Gasteiger partial charge in [0.25, 0.3) is 0 Å². The molecule has 1 aromatic rings. The van der Waals surface area contributed by atoms with Gasteiger partial charge in [0.2, 0.25) is 0 Å². The zero-order valence-electron chi connectivity index (χ0n) is 14.5. The molecule has 2 rings (SSSR count). The zero-order valence-corrected chi connectivity index (χ0v) is 14.5. The topological polar surface area (TPSA) is 68.2 Å². The van der Waals surface area contributed by atoms with E-state index in [2.05, 4.69) is 15.7 Å². The van der Waals surface area contributed by atoms with Gasteiger partial charge in [-0.05, 0) is 65.5 Å². The number of carbonyl (C=O) groups is 1. The normalized spacial score (nSPS) is 21.9. The van der Waals surface area contributed by atoms with Crippen molar-refractivity contribution in [2.75, 3.05) is 6.54 Å². The average Bonchev–Trinajstić information content (AvgIpc) is 2.96. The Morgan fingerprint density at radius 3 is 2.57 bits per heavy atom. The van der Waals surface area contributed by atoms with Crippen LogP contribution in [0.3, 0.4) is 0 Å². The van der Waals surface area contributed by atoms with E-state index in [1.807, 2.05) is 43.9 Å². The number of aromatic nitrogens is 2. The molecule has 1 amide bonds. The number of nitrogens with zero attached hydrogens (tertiary/aromatic N) is 2. The Hall–Kier alpha value is -1.56. The lowest BCUT2D eigenvalue weighted by atomic mass is 9.91. The van der Waals surface area contributed by atoms with Crippen LogP contribution >= 0.6 is 0 Å². The molecule has 1 aliphatic carbocycles. The molecule has 0 atom stereocenters. The van der Waals surface area contributed by atoms with Gasteiger partial charge in [0.05, 0.1) is 0 Å². The van der Waals surface area contributed by atoms with Crippen LogP contribution in [0, 0.1) is 0 Å². The summed E-state index contributed by atoms with van der Waals surface area (Å²) in [6.45, 7) is 7.62. The lowest BCUT2D eigenvalue weighted by Gasteiger charge is -2.30. The SMILES string of the molecule is CC(C)(C)OC(=O)NC1CCC(NCCCn2cccn2)CC1. The first-order valence-corrected chi connectivity index (χ1v) is 8.63. The molecule has 1 heterocycles. The second kappa shape index (κ2) is 8.34. The number of ether oxygens (including phenoxy) is 1. The third kappa shape index (κ3) is 7.03. The minimum Gasteiger partial charge on any atom is -0.444 e. The maximum atomic E-state index is 11.8. The molecule has 0 bridgehead atoms. The smallest absolute Gasteiger partial charge is 0.407 e. The van der Waals surface area contributed by atoms with E-state index in [1.54, 1.807) is 0 Å². The Balaban J connectivity index is 1.56. The zero-order chi connectivity index (χ0) is 16.7. The molecule has 1 aliphatic rings. The Morgan fingerprint density at radius 1 is 1.26 bits per heavy atom. The van der Waals surface area contributed by atoms with Crippen molar-refractivity contribution in [3.05, 3.63) is 18.5 Å². The highest BCUT2D eigenvalue weighted by molar-refractivity contribution is 5.68. The molecule has 1 saturated carbocycles. The standard InChI is InChI=1S/C17H30N4O2/c1-17(2,3)23-16(22)20-15-8-6-14(7-9-15)18-10-4-12-21-13-5-11-19-21/h5,11,13-15,18H,4,6-10,12H2,1-3H3,(H,20,22).